The number of alkyl carbamates (subject to hydrolysis) is 2. The molecule has 0 radical (unpaired) electrons. The Kier molecular flexibility index (Phi) is 21.7. The first-order valence-electron chi connectivity index (χ1n) is 24.7. The topological polar surface area (TPSA) is 225 Å². The van der Waals surface area contributed by atoms with Crippen molar-refractivity contribution < 1.29 is 82.4 Å². The van der Waals surface area contributed by atoms with Gasteiger partial charge in [-0.25, -0.2) is 33.4 Å². The minimum Gasteiger partial charge on any atom is -0.453 e. The van der Waals surface area contributed by atoms with E-state index in [9.17, 15) is 59.4 Å². The van der Waals surface area contributed by atoms with Crippen molar-refractivity contribution in [1.82, 2.24) is 36.3 Å². The van der Waals surface area contributed by atoms with Gasteiger partial charge in [-0.3, -0.25) is 19.9 Å². The lowest BCUT2D eigenvalue weighted by molar-refractivity contribution is -0.221. The number of alkyl halides is 8. The van der Waals surface area contributed by atoms with E-state index < -0.39 is 126 Å². The van der Waals surface area contributed by atoms with Crippen LogP contribution in [0.2, 0.25) is 0 Å². The van der Waals surface area contributed by atoms with Crippen molar-refractivity contribution in [2.45, 2.75) is 96.3 Å². The highest BCUT2D eigenvalue weighted by Crippen LogP contribution is 2.42. The predicted molar refractivity (Wildman–Crippen MR) is 271 cm³/mol. The van der Waals surface area contributed by atoms with Gasteiger partial charge >= 0.3 is 31.1 Å². The summed E-state index contributed by atoms with van der Waals surface area (Å²) < 4.78 is 159. The number of halogens is 10. The molecular weight excluding hydrogens is 1080 g/mol. The zero-order valence-electron chi connectivity index (χ0n) is 44.3. The zero-order chi connectivity index (χ0) is 59.3. The minimum absolute atomic E-state index is 0.265. The fraction of sp³-hybridized carbons (Fsp3) is 0.500. The number of allylic oxidation sites excluding steroid dienone is 1. The summed E-state index contributed by atoms with van der Waals surface area (Å²) in [5.41, 5.74) is 1.12. The number of aliphatic imine (C=N–C) groups is 1. The maximum atomic E-state index is 15.9. The van der Waals surface area contributed by atoms with Gasteiger partial charge < -0.3 is 45.9 Å². The summed E-state index contributed by atoms with van der Waals surface area (Å²) in [4.78, 5) is 64.7. The van der Waals surface area contributed by atoms with E-state index in [0.717, 1.165) is 71.9 Å². The first kappa shape index (κ1) is 63.6. The number of piperazine rings is 1. The molecular formula is C52H62F10N10O8. The van der Waals surface area contributed by atoms with Gasteiger partial charge in [0.05, 0.1) is 43.8 Å². The van der Waals surface area contributed by atoms with Crippen LogP contribution in [-0.4, -0.2) is 160 Å². The molecule has 5 atom stereocenters. The van der Waals surface area contributed by atoms with Crippen molar-refractivity contribution in [2.24, 2.45) is 21.6 Å². The zero-order valence-corrected chi connectivity index (χ0v) is 44.3. The second-order valence-electron chi connectivity index (χ2n) is 19.8. The Labute approximate surface area is 454 Å². The van der Waals surface area contributed by atoms with Crippen LogP contribution in [-0.2, 0) is 36.8 Å². The van der Waals surface area contributed by atoms with Crippen LogP contribution in [0.25, 0.3) is 5.70 Å². The van der Waals surface area contributed by atoms with E-state index in [1.807, 2.05) is 16.8 Å². The fourth-order valence-corrected chi connectivity index (χ4v) is 8.39. The molecule has 5 rings (SSSR count). The number of pyridine rings is 1. The van der Waals surface area contributed by atoms with Crippen molar-refractivity contribution in [3.63, 3.8) is 0 Å². The number of hydrogen-bond donors (Lipinski definition) is 6. The van der Waals surface area contributed by atoms with Gasteiger partial charge in [0.1, 0.15) is 29.5 Å². The molecule has 80 heavy (non-hydrogen) atoms. The maximum Gasteiger partial charge on any atom is 0.407 e. The molecule has 0 unspecified atom stereocenters. The van der Waals surface area contributed by atoms with Crippen LogP contribution in [0.1, 0.15) is 61.9 Å². The van der Waals surface area contributed by atoms with E-state index >= 15 is 8.78 Å². The summed E-state index contributed by atoms with van der Waals surface area (Å²) in [7, 11) is 1.59. The summed E-state index contributed by atoms with van der Waals surface area (Å²) in [5, 5.41) is 18.4. The van der Waals surface area contributed by atoms with Crippen molar-refractivity contribution in [3.05, 3.63) is 100 Å². The molecule has 3 heterocycles. The molecule has 28 heteroatoms. The number of amides is 4. The van der Waals surface area contributed by atoms with E-state index in [-0.39, 0.29) is 5.56 Å². The van der Waals surface area contributed by atoms with Crippen LogP contribution >= 0.6 is 0 Å². The number of nitrogens with zero attached hydrogens (tertiary/aromatic N) is 5. The number of hydrogen-bond acceptors (Lipinski definition) is 14. The third-order valence-corrected chi connectivity index (χ3v) is 13.6. The van der Waals surface area contributed by atoms with Gasteiger partial charge in [-0.05, 0) is 88.6 Å². The van der Waals surface area contributed by atoms with Gasteiger partial charge in [0.2, 0.25) is 5.91 Å². The van der Waals surface area contributed by atoms with Gasteiger partial charge in [0.15, 0.2) is 0 Å². The standard InChI is InChI=1S/C52H62F10N10O8/c1-49(2,51(57,58)59)42(67-47(76)78-5)44(74)66-39(23-31-10-7-30(8-11-31)9-12-32-13-14-41(65-26-32)71-20-18-70(19-21-71)34-16-22-80-29-34)40(73)28-72(69-45(75)43(68-48(77)79-6)50(3,4)52(60,61)62)27-35-36(53)24-33(25-37(35)54)38(63)15-17-64-46(55)56/h7-8,10-11,13-15,17,24-26,34,39-40,42-43,46,73H,16,18-23,27-29,63H2,1-6H3,(H,66,74)(H,67,76)(H,68,77)(H,69,75)/t34-,39+,40+,42-,43-/m1/s1. The maximum absolute atomic E-state index is 15.9. The molecule has 3 aromatic rings. The summed E-state index contributed by atoms with van der Waals surface area (Å²) in [5.74, 6) is 0.650. The second kappa shape index (κ2) is 27.3. The molecule has 4 amide bonds. The van der Waals surface area contributed by atoms with Crippen molar-refractivity contribution in [2.75, 3.05) is 65.1 Å². The number of ether oxygens (including phenoxy) is 3. The molecule has 2 aliphatic heterocycles. The molecule has 1 aromatic heterocycles. The number of anilines is 1. The van der Waals surface area contributed by atoms with Crippen molar-refractivity contribution in [1.29, 1.82) is 0 Å². The molecule has 0 bridgehead atoms. The Bertz CT molecular complexity index is 2720. The van der Waals surface area contributed by atoms with E-state index in [0.29, 0.717) is 68.2 Å². The monoisotopic (exact) mass is 1140 g/mol. The Hall–Kier alpha value is -7.22. The third kappa shape index (κ3) is 16.9. The highest BCUT2D eigenvalue weighted by atomic mass is 19.4. The van der Waals surface area contributed by atoms with Crippen LogP contribution in [0.5, 0.6) is 0 Å². The number of aromatic nitrogens is 1. The van der Waals surface area contributed by atoms with Crippen LogP contribution in [0, 0.1) is 34.3 Å². The van der Waals surface area contributed by atoms with Crippen molar-refractivity contribution >= 4 is 41.7 Å². The SMILES string of the molecule is COC(=O)N[C@H](C(=O)N[C@@H](Cc1ccc(C#Cc2ccc(N3CCN([C@@H]4CCOC4)CC3)nc2)cc1)[C@@H](O)CN(Cc1c(F)cc(C(N)=CC=NC(F)F)cc1F)NC(=O)[C@@H](NC(=O)OC)C(C)(C)C(F)(F)F)C(C)(C)C(F)(F)F. The molecule has 2 saturated heterocycles. The molecule has 0 saturated carbocycles. The molecule has 2 fully saturated rings. The van der Waals surface area contributed by atoms with Gasteiger partial charge in [-0.15, -0.1) is 0 Å². The summed E-state index contributed by atoms with van der Waals surface area (Å²) in [6, 6.07) is 4.53. The number of carbonyl (C=O) groups is 4. The fourth-order valence-electron chi connectivity index (χ4n) is 8.39. The normalized spacial score (nSPS) is 17.3. The number of methoxy groups -OCH3 is 2. The Morgan fingerprint density at radius 3 is 1.90 bits per heavy atom. The molecule has 0 aliphatic carbocycles. The molecule has 18 nitrogen and oxygen atoms in total. The lowest BCUT2D eigenvalue weighted by atomic mass is 9.82. The van der Waals surface area contributed by atoms with E-state index in [4.69, 9.17) is 10.5 Å². The number of rotatable bonds is 20. The largest absolute Gasteiger partial charge is 0.453 e. The van der Waals surface area contributed by atoms with Crippen LogP contribution < -0.4 is 32.0 Å². The lowest BCUT2D eigenvalue weighted by Gasteiger charge is -2.38. The average Bonchev–Trinajstić information content (AvgIpc) is 4.03. The van der Waals surface area contributed by atoms with E-state index in [2.05, 4.69) is 46.4 Å². The van der Waals surface area contributed by atoms with Crippen LogP contribution in [0.15, 0.2) is 65.8 Å². The predicted octanol–water partition coefficient (Wildman–Crippen LogP) is 5.81. The number of aliphatic hydroxyl groups is 1. The first-order valence-corrected chi connectivity index (χ1v) is 24.7. The van der Waals surface area contributed by atoms with Crippen LogP contribution in [0.4, 0.5) is 59.3 Å². The number of carbonyl (C=O) groups excluding carboxylic acids is 4. The summed E-state index contributed by atoms with van der Waals surface area (Å²) in [6.45, 7) is 1.58. The number of aliphatic hydroxyl groups excluding tert-OH is 1. The minimum atomic E-state index is -5.23. The number of nitrogens with two attached hydrogens (primary N) is 1. The van der Waals surface area contributed by atoms with E-state index in [1.165, 1.54) is 24.3 Å². The van der Waals surface area contributed by atoms with Gasteiger partial charge in [0.25, 0.3) is 5.91 Å². The average molecular weight is 1150 g/mol. The van der Waals surface area contributed by atoms with Gasteiger partial charge in [-0.1, -0.05) is 24.0 Å². The Morgan fingerprint density at radius 1 is 0.850 bits per heavy atom. The summed E-state index contributed by atoms with van der Waals surface area (Å²) in [6.07, 6.45) is -12.1. The Balaban J connectivity index is 1.49. The smallest absolute Gasteiger partial charge is 0.407 e. The van der Waals surface area contributed by atoms with E-state index in [1.54, 1.807) is 17.6 Å². The summed E-state index contributed by atoms with van der Waals surface area (Å²) >= 11 is 0. The number of benzene rings is 2. The quantitative estimate of drug-likeness (QED) is 0.0259. The lowest BCUT2D eigenvalue weighted by Crippen LogP contribution is -2.63. The third-order valence-electron chi connectivity index (χ3n) is 13.6. The highest BCUT2D eigenvalue weighted by Gasteiger charge is 2.57. The number of nitrogens with one attached hydrogen (secondary N) is 4. The highest BCUT2D eigenvalue weighted by molar-refractivity contribution is 5.87. The molecule has 2 aliphatic rings. The van der Waals surface area contributed by atoms with Gasteiger partial charge in [0, 0.05) is 92.3 Å². The Morgan fingerprint density at radius 2 is 1.40 bits per heavy atom. The first-order chi connectivity index (χ1) is 37.4. The van der Waals surface area contributed by atoms with Gasteiger partial charge in [-0.2, -0.15) is 35.1 Å². The van der Waals surface area contributed by atoms with Crippen molar-refractivity contribution in [3.8, 4) is 11.8 Å². The molecule has 2 aromatic carbocycles. The van der Waals surface area contributed by atoms with Crippen LogP contribution in [0.3, 0.4) is 0 Å². The molecule has 7 N–H and O–H groups in total. The number of hydrazine groups is 1. The molecule has 438 valence electrons. The second-order valence-corrected chi connectivity index (χ2v) is 19.8. The molecule has 0 spiro atoms.